The van der Waals surface area contributed by atoms with Crippen LogP contribution in [-0.2, 0) is 14.3 Å². The van der Waals surface area contributed by atoms with Gasteiger partial charge in [0.1, 0.15) is 0 Å². The van der Waals surface area contributed by atoms with Gasteiger partial charge in [-0.05, 0) is 79.4 Å². The summed E-state index contributed by atoms with van der Waals surface area (Å²) in [6, 6.07) is 0. The van der Waals surface area contributed by atoms with Crippen molar-refractivity contribution in [1.29, 1.82) is 0 Å². The molecule has 0 aromatic carbocycles. The molecule has 7 atom stereocenters. The molecule has 7 unspecified atom stereocenters. The molecule has 0 N–H and O–H groups in total. The number of fused-ring (bicyclic) bond motifs is 5. The Morgan fingerprint density at radius 3 is 2.62 bits per heavy atom. The average Bonchev–Trinajstić information content (AvgIpc) is 2.90. The highest BCUT2D eigenvalue weighted by molar-refractivity contribution is 5.86. The van der Waals surface area contributed by atoms with E-state index in [4.69, 9.17) is 4.74 Å². The van der Waals surface area contributed by atoms with Gasteiger partial charge in [-0.15, -0.1) is 0 Å². The Morgan fingerprint density at radius 2 is 1.88 bits per heavy atom. The molecular weight excluding hydrogens is 300 g/mol. The normalized spacial score (nSPS) is 50.6. The first kappa shape index (κ1) is 16.6. The van der Waals surface area contributed by atoms with E-state index in [-0.39, 0.29) is 17.2 Å². The van der Waals surface area contributed by atoms with Crippen molar-refractivity contribution in [3.8, 4) is 0 Å². The Bertz CT molecular complexity index is 555. The molecule has 0 spiro atoms. The first-order chi connectivity index (χ1) is 11.3. The van der Waals surface area contributed by atoms with Crippen molar-refractivity contribution in [1.82, 2.24) is 0 Å². The van der Waals surface area contributed by atoms with Gasteiger partial charge in [0.05, 0.1) is 0 Å². The lowest BCUT2D eigenvalue weighted by Crippen LogP contribution is -2.55. The number of rotatable bonds is 1. The van der Waals surface area contributed by atoms with Crippen LogP contribution in [0.25, 0.3) is 0 Å². The molecule has 3 nitrogen and oxygen atoms in total. The van der Waals surface area contributed by atoms with Gasteiger partial charge in [-0.2, -0.15) is 0 Å². The lowest BCUT2D eigenvalue weighted by molar-refractivity contribution is -0.170. The topological polar surface area (TPSA) is 43.4 Å². The van der Waals surface area contributed by atoms with Crippen molar-refractivity contribution in [3.05, 3.63) is 0 Å². The predicted molar refractivity (Wildman–Crippen MR) is 92.3 cm³/mol. The van der Waals surface area contributed by atoms with Crippen LogP contribution in [0, 0.1) is 34.5 Å². The smallest absolute Gasteiger partial charge is 0.303 e. The van der Waals surface area contributed by atoms with Crippen LogP contribution < -0.4 is 0 Å². The minimum atomic E-state index is -0.487. The maximum absolute atomic E-state index is 12.4. The first-order valence-corrected chi connectivity index (χ1v) is 10.0. The summed E-state index contributed by atoms with van der Waals surface area (Å²) in [5, 5.41) is 0. The second-order valence-electron chi connectivity index (χ2n) is 9.71. The lowest BCUT2D eigenvalue weighted by Gasteiger charge is -2.60. The number of hydrogen-bond acceptors (Lipinski definition) is 3. The molecular formula is C21H32O3. The molecule has 0 heterocycles. The fourth-order valence-corrected chi connectivity index (χ4v) is 7.38. The highest BCUT2D eigenvalue weighted by Gasteiger charge is 2.59. The predicted octanol–water partition coefficient (Wildman–Crippen LogP) is 4.53. The van der Waals surface area contributed by atoms with Crippen LogP contribution in [0.4, 0.5) is 0 Å². The molecule has 0 bridgehead atoms. The van der Waals surface area contributed by atoms with Crippen LogP contribution in [0.15, 0.2) is 0 Å². The van der Waals surface area contributed by atoms with Gasteiger partial charge >= 0.3 is 5.97 Å². The zero-order valence-corrected chi connectivity index (χ0v) is 15.5. The number of Topliss-reactive ketones (excluding diaryl/α,β-unsaturated/α-hetero) is 1. The Balaban J connectivity index is 1.61. The Hall–Kier alpha value is -0.860. The summed E-state index contributed by atoms with van der Waals surface area (Å²) in [5.41, 5.74) is 0.755. The highest BCUT2D eigenvalue weighted by Crippen LogP contribution is 2.66. The highest BCUT2D eigenvalue weighted by atomic mass is 16.5. The van der Waals surface area contributed by atoms with Crippen molar-refractivity contribution in [2.24, 2.45) is 34.5 Å². The van der Waals surface area contributed by atoms with Gasteiger partial charge in [-0.1, -0.05) is 20.3 Å². The van der Waals surface area contributed by atoms with E-state index in [1.807, 2.05) is 0 Å². The summed E-state index contributed by atoms with van der Waals surface area (Å²) in [6.07, 6.45) is 10.3. The molecule has 0 radical (unpaired) electrons. The van der Waals surface area contributed by atoms with Gasteiger partial charge in [0.2, 0.25) is 0 Å². The number of esters is 1. The summed E-state index contributed by atoms with van der Waals surface area (Å²) in [7, 11) is 0. The second kappa shape index (κ2) is 5.57. The van der Waals surface area contributed by atoms with Crippen molar-refractivity contribution in [2.75, 3.05) is 0 Å². The van der Waals surface area contributed by atoms with E-state index in [9.17, 15) is 9.59 Å². The minimum absolute atomic E-state index is 0.160. The summed E-state index contributed by atoms with van der Waals surface area (Å²) in [6.45, 7) is 6.37. The fourth-order valence-electron chi connectivity index (χ4n) is 7.38. The SMILES string of the molecule is CC(=O)OC1CC2(C)C(CCC3C4CCCC4(C)CCC32)CC1=O. The molecule has 4 saturated carbocycles. The average molecular weight is 332 g/mol. The van der Waals surface area contributed by atoms with Crippen molar-refractivity contribution < 1.29 is 14.3 Å². The van der Waals surface area contributed by atoms with Gasteiger partial charge < -0.3 is 4.74 Å². The van der Waals surface area contributed by atoms with E-state index in [0.717, 1.165) is 24.2 Å². The van der Waals surface area contributed by atoms with E-state index >= 15 is 0 Å². The van der Waals surface area contributed by atoms with E-state index in [1.54, 1.807) is 0 Å². The van der Waals surface area contributed by atoms with E-state index in [0.29, 0.717) is 17.8 Å². The molecule has 3 heteroatoms. The molecule has 0 aliphatic heterocycles. The Kier molecular flexibility index (Phi) is 3.85. The standard InChI is InChI=1S/C21H32O3/c1-13(22)24-19-12-21(3)14(11-18(19)23)6-7-15-16-5-4-9-20(16,2)10-8-17(15)21/h14-17,19H,4-12H2,1-3H3. The zero-order chi connectivity index (χ0) is 17.1. The van der Waals surface area contributed by atoms with Crippen molar-refractivity contribution in [3.63, 3.8) is 0 Å². The molecule has 4 fully saturated rings. The fraction of sp³-hybridized carbons (Fsp3) is 0.905. The van der Waals surface area contributed by atoms with Crippen molar-refractivity contribution in [2.45, 2.75) is 84.7 Å². The van der Waals surface area contributed by atoms with Crippen LogP contribution in [0.5, 0.6) is 0 Å². The van der Waals surface area contributed by atoms with E-state index in [1.165, 1.54) is 51.9 Å². The van der Waals surface area contributed by atoms with Gasteiger partial charge in [0.15, 0.2) is 11.9 Å². The molecule has 0 saturated heterocycles. The monoisotopic (exact) mass is 332 g/mol. The first-order valence-electron chi connectivity index (χ1n) is 10.0. The summed E-state index contributed by atoms with van der Waals surface area (Å²) in [5.74, 6) is 2.79. The number of carbonyl (C=O) groups is 2. The van der Waals surface area contributed by atoms with Crippen molar-refractivity contribution >= 4 is 11.8 Å². The lowest BCUT2D eigenvalue weighted by atomic mass is 9.45. The number of ketones is 1. The summed E-state index contributed by atoms with van der Waals surface area (Å²) >= 11 is 0. The quantitative estimate of drug-likeness (QED) is 0.663. The maximum atomic E-state index is 12.4. The van der Waals surface area contributed by atoms with Crippen LogP contribution in [0.1, 0.15) is 78.6 Å². The third kappa shape index (κ3) is 2.37. The zero-order valence-electron chi connectivity index (χ0n) is 15.5. The molecule has 4 rings (SSSR count). The molecule has 0 amide bonds. The molecule has 0 aromatic heterocycles. The Labute approximate surface area is 145 Å². The number of carbonyl (C=O) groups excluding carboxylic acids is 2. The Morgan fingerprint density at radius 1 is 1.08 bits per heavy atom. The van der Waals surface area contributed by atoms with Gasteiger partial charge in [-0.25, -0.2) is 0 Å². The van der Waals surface area contributed by atoms with E-state index < -0.39 is 6.10 Å². The van der Waals surface area contributed by atoms with E-state index in [2.05, 4.69) is 13.8 Å². The summed E-state index contributed by atoms with van der Waals surface area (Å²) in [4.78, 5) is 23.9. The second-order valence-corrected chi connectivity index (χ2v) is 9.71. The minimum Gasteiger partial charge on any atom is -0.455 e. The molecule has 24 heavy (non-hydrogen) atoms. The third-order valence-corrected chi connectivity index (χ3v) is 8.59. The van der Waals surface area contributed by atoms with Gasteiger partial charge in [0, 0.05) is 13.3 Å². The van der Waals surface area contributed by atoms with Gasteiger partial charge in [0.25, 0.3) is 0 Å². The third-order valence-electron chi connectivity index (χ3n) is 8.59. The summed E-state index contributed by atoms with van der Waals surface area (Å²) < 4.78 is 5.42. The number of hydrogen-bond donors (Lipinski definition) is 0. The molecule has 0 aromatic rings. The van der Waals surface area contributed by atoms with Crippen LogP contribution >= 0.6 is 0 Å². The van der Waals surface area contributed by atoms with Crippen LogP contribution in [0.3, 0.4) is 0 Å². The largest absolute Gasteiger partial charge is 0.455 e. The van der Waals surface area contributed by atoms with Crippen LogP contribution in [0.2, 0.25) is 0 Å². The maximum Gasteiger partial charge on any atom is 0.303 e. The number of ether oxygens (including phenoxy) is 1. The van der Waals surface area contributed by atoms with Gasteiger partial charge in [-0.3, -0.25) is 9.59 Å². The van der Waals surface area contributed by atoms with Crippen LogP contribution in [-0.4, -0.2) is 17.9 Å². The molecule has 4 aliphatic carbocycles. The molecule has 4 aliphatic rings. The molecule has 134 valence electrons.